The molecular weight excluding hydrogens is 332 g/mol. The maximum atomic E-state index is 13.2. The molecule has 0 aromatic carbocycles. The minimum atomic E-state index is -0.00884. The number of hydrogen-bond acceptors (Lipinski definition) is 4. The van der Waals surface area contributed by atoms with E-state index < -0.39 is 0 Å². The van der Waals surface area contributed by atoms with Crippen molar-refractivity contribution in [2.45, 2.75) is 70.7 Å². The van der Waals surface area contributed by atoms with Gasteiger partial charge in [-0.25, -0.2) is 9.48 Å². The van der Waals surface area contributed by atoms with E-state index >= 15 is 0 Å². The van der Waals surface area contributed by atoms with E-state index in [1.165, 1.54) is 12.8 Å². The lowest BCUT2D eigenvalue weighted by Crippen LogP contribution is -2.43. The maximum Gasteiger partial charge on any atom is 0.345 e. The smallest absolute Gasteiger partial charge is 0.329 e. The van der Waals surface area contributed by atoms with E-state index in [0.29, 0.717) is 31.1 Å². The molecule has 2 aromatic rings. The van der Waals surface area contributed by atoms with Crippen LogP contribution in [0.5, 0.6) is 0 Å². The quantitative estimate of drug-likeness (QED) is 0.815. The summed E-state index contributed by atoms with van der Waals surface area (Å²) in [6.07, 6.45) is 6.66. The third-order valence-corrected chi connectivity index (χ3v) is 6.03. The molecule has 8 nitrogen and oxygen atoms in total. The van der Waals surface area contributed by atoms with Crippen LogP contribution in [-0.2, 0) is 26.1 Å². The second kappa shape index (κ2) is 5.82. The van der Waals surface area contributed by atoms with Crippen molar-refractivity contribution in [2.75, 3.05) is 0 Å². The summed E-state index contributed by atoms with van der Waals surface area (Å²) in [5.74, 6) is 1.49. The van der Waals surface area contributed by atoms with Crippen LogP contribution in [0.15, 0.2) is 17.1 Å². The highest BCUT2D eigenvalue weighted by Crippen LogP contribution is 2.33. The van der Waals surface area contributed by atoms with E-state index in [0.717, 1.165) is 25.2 Å². The van der Waals surface area contributed by atoms with Gasteiger partial charge in [0.2, 0.25) is 0 Å². The first-order valence-electron chi connectivity index (χ1n) is 9.66. The largest absolute Gasteiger partial charge is 0.345 e. The molecule has 4 heterocycles. The van der Waals surface area contributed by atoms with E-state index in [1.54, 1.807) is 21.6 Å². The number of hydrogen-bond donors (Lipinski definition) is 0. The van der Waals surface area contributed by atoms with Gasteiger partial charge in [-0.2, -0.15) is 10.2 Å². The van der Waals surface area contributed by atoms with Gasteiger partial charge >= 0.3 is 5.69 Å². The van der Waals surface area contributed by atoms with Crippen molar-refractivity contribution in [2.24, 2.45) is 5.92 Å². The zero-order chi connectivity index (χ0) is 17.8. The maximum absolute atomic E-state index is 13.2. The van der Waals surface area contributed by atoms with Crippen LogP contribution in [0, 0.1) is 5.92 Å². The fourth-order valence-electron chi connectivity index (χ4n) is 4.48. The molecule has 138 valence electrons. The first-order chi connectivity index (χ1) is 12.7. The molecule has 0 radical (unpaired) electrons. The third kappa shape index (κ3) is 2.42. The van der Waals surface area contributed by atoms with Crippen LogP contribution in [0.25, 0.3) is 0 Å². The highest BCUT2D eigenvalue weighted by atomic mass is 16.2. The number of carbonyl (C=O) groups is 1. The van der Waals surface area contributed by atoms with Crippen LogP contribution >= 0.6 is 0 Å². The van der Waals surface area contributed by atoms with Crippen molar-refractivity contribution in [3.63, 3.8) is 0 Å². The van der Waals surface area contributed by atoms with Crippen molar-refractivity contribution in [3.8, 4) is 0 Å². The third-order valence-electron chi connectivity index (χ3n) is 6.03. The fraction of sp³-hybridized carbons (Fsp3) is 0.667. The molecule has 5 rings (SSSR count). The van der Waals surface area contributed by atoms with Crippen LogP contribution in [0.1, 0.15) is 48.9 Å². The van der Waals surface area contributed by atoms with Crippen LogP contribution in [-0.4, -0.2) is 47.0 Å². The van der Waals surface area contributed by atoms with Crippen molar-refractivity contribution in [3.05, 3.63) is 34.3 Å². The van der Waals surface area contributed by atoms with Gasteiger partial charge in [-0.1, -0.05) is 0 Å². The molecule has 2 fully saturated rings. The van der Waals surface area contributed by atoms with Crippen LogP contribution in [0.2, 0.25) is 0 Å². The number of aromatic nitrogens is 5. The minimum Gasteiger partial charge on any atom is -0.329 e. The molecule has 2 aromatic heterocycles. The summed E-state index contributed by atoms with van der Waals surface area (Å²) in [4.78, 5) is 27.9. The number of fused-ring (bicyclic) bond motifs is 3. The van der Waals surface area contributed by atoms with Gasteiger partial charge in [-0.05, 0) is 44.6 Å². The number of carbonyl (C=O) groups excluding carboxylic acids is 1. The van der Waals surface area contributed by atoms with Gasteiger partial charge in [0.1, 0.15) is 11.5 Å². The molecule has 1 amide bonds. The van der Waals surface area contributed by atoms with E-state index in [1.807, 2.05) is 16.4 Å². The first kappa shape index (κ1) is 15.8. The Kier molecular flexibility index (Phi) is 3.55. The monoisotopic (exact) mass is 356 g/mol. The highest BCUT2D eigenvalue weighted by molar-refractivity contribution is 5.93. The predicted octanol–water partition coefficient (Wildman–Crippen LogP) is 0.901. The number of rotatable bonds is 4. The zero-order valence-corrected chi connectivity index (χ0v) is 15.0. The number of amides is 1. The van der Waals surface area contributed by atoms with E-state index in [9.17, 15) is 9.59 Å². The predicted molar refractivity (Wildman–Crippen MR) is 93.8 cm³/mol. The summed E-state index contributed by atoms with van der Waals surface area (Å²) < 4.78 is 5.20. The van der Waals surface area contributed by atoms with E-state index in [2.05, 4.69) is 10.2 Å². The summed E-state index contributed by atoms with van der Waals surface area (Å²) in [7, 11) is 0. The van der Waals surface area contributed by atoms with Crippen LogP contribution in [0.4, 0.5) is 0 Å². The average Bonchev–Trinajstić information content (AvgIpc) is 3.10. The second-order valence-electron chi connectivity index (χ2n) is 7.77. The average molecular weight is 356 g/mol. The van der Waals surface area contributed by atoms with Gasteiger partial charge < -0.3 is 4.90 Å². The summed E-state index contributed by atoms with van der Waals surface area (Å²) in [6, 6.07) is 1.97. The lowest BCUT2D eigenvalue weighted by molar-refractivity contribution is 0.0652. The van der Waals surface area contributed by atoms with Crippen LogP contribution < -0.4 is 5.69 Å². The Hall–Kier alpha value is -2.38. The van der Waals surface area contributed by atoms with Crippen LogP contribution in [0.3, 0.4) is 0 Å². The molecule has 0 spiro atoms. The topological polar surface area (TPSA) is 78.0 Å². The van der Waals surface area contributed by atoms with E-state index in [4.69, 9.17) is 0 Å². The molecule has 2 bridgehead atoms. The normalized spacial score (nSPS) is 24.6. The lowest BCUT2D eigenvalue weighted by Gasteiger charge is -2.28. The molecule has 0 N–H and O–H groups in total. The van der Waals surface area contributed by atoms with Gasteiger partial charge in [-0.15, -0.1) is 0 Å². The van der Waals surface area contributed by atoms with Gasteiger partial charge in [0.15, 0.2) is 0 Å². The molecule has 3 aliphatic rings. The molecule has 8 heteroatoms. The van der Waals surface area contributed by atoms with Crippen molar-refractivity contribution in [1.29, 1.82) is 0 Å². The molecule has 2 aliphatic heterocycles. The number of aryl methyl sites for hydroxylation is 1. The molecule has 1 saturated heterocycles. The van der Waals surface area contributed by atoms with Gasteiger partial charge in [0.25, 0.3) is 5.91 Å². The zero-order valence-electron chi connectivity index (χ0n) is 15.0. The molecule has 2 atom stereocenters. The minimum absolute atomic E-state index is 0.00884. The standard InChI is InChI=1S/C18H24N6O2/c1-2-22-15(7-8-19-22)17(25)24-13-5-6-14(24)11-21-16(9-13)20-23(18(21)26)10-12-3-4-12/h7-8,12-14H,2-6,9-11H2,1H3/t13-,14+/m0/s1. The SMILES string of the molecule is CCn1nccc1C(=O)N1[C@@H]2CC[C@H]1Cc1nn(CC3CC3)c(=O)n1C2. The molecular formula is C18H24N6O2. The Balaban J connectivity index is 1.45. The molecule has 26 heavy (non-hydrogen) atoms. The Bertz CT molecular complexity index is 905. The lowest BCUT2D eigenvalue weighted by atomic mass is 10.1. The summed E-state index contributed by atoms with van der Waals surface area (Å²) in [5, 5.41) is 8.84. The van der Waals surface area contributed by atoms with Gasteiger partial charge in [0, 0.05) is 38.3 Å². The van der Waals surface area contributed by atoms with Gasteiger partial charge in [-0.3, -0.25) is 14.0 Å². The molecule has 1 aliphatic carbocycles. The second-order valence-corrected chi connectivity index (χ2v) is 7.77. The number of nitrogens with zero attached hydrogens (tertiary/aromatic N) is 6. The van der Waals surface area contributed by atoms with E-state index in [-0.39, 0.29) is 23.7 Å². The van der Waals surface area contributed by atoms with Crippen molar-refractivity contribution >= 4 is 5.91 Å². The molecule has 0 unspecified atom stereocenters. The van der Waals surface area contributed by atoms with Crippen molar-refractivity contribution in [1.82, 2.24) is 29.0 Å². The summed E-state index contributed by atoms with van der Waals surface area (Å²) in [6.45, 7) is 3.96. The Morgan fingerprint density at radius 2 is 2.00 bits per heavy atom. The summed E-state index contributed by atoms with van der Waals surface area (Å²) >= 11 is 0. The fourth-order valence-corrected chi connectivity index (χ4v) is 4.48. The summed E-state index contributed by atoms with van der Waals surface area (Å²) in [5.41, 5.74) is 0.625. The Labute approximate surface area is 151 Å². The van der Waals surface area contributed by atoms with Gasteiger partial charge in [0.05, 0.1) is 6.04 Å². The Morgan fingerprint density at radius 3 is 2.77 bits per heavy atom. The first-order valence-corrected chi connectivity index (χ1v) is 9.66. The van der Waals surface area contributed by atoms with Crippen molar-refractivity contribution < 1.29 is 4.79 Å². The molecule has 1 saturated carbocycles. The Morgan fingerprint density at radius 1 is 1.19 bits per heavy atom. The highest BCUT2D eigenvalue weighted by Gasteiger charge is 2.42.